The van der Waals surface area contributed by atoms with Crippen molar-refractivity contribution in [3.05, 3.63) is 11.8 Å². The summed E-state index contributed by atoms with van der Waals surface area (Å²) in [4.78, 5) is 11.3. The van der Waals surface area contributed by atoms with E-state index in [1.54, 1.807) is 20.1 Å². The van der Waals surface area contributed by atoms with Crippen LogP contribution >= 0.6 is 0 Å². The van der Waals surface area contributed by atoms with Gasteiger partial charge in [-0.2, -0.15) is 0 Å². The molecule has 4 heteroatoms. The molecule has 0 radical (unpaired) electrons. The molecule has 88 valence electrons. The smallest absolute Gasteiger partial charge is 0.220 e. The normalized spacial score (nSPS) is 13.7. The van der Waals surface area contributed by atoms with E-state index < -0.39 is 0 Å². The van der Waals surface area contributed by atoms with Crippen molar-refractivity contribution in [1.82, 2.24) is 5.32 Å². The highest BCUT2D eigenvalue weighted by atomic mass is 16.5. The number of hydrogen-bond donors (Lipinski definition) is 2. The molecule has 15 heavy (non-hydrogen) atoms. The standard InChI is InChI=1S/C11H21NO3/c1-9(4-5-10(2)13)8-11(14)12-6-7-15-3/h5,9,13H,4,6-8H2,1-3H3,(H,12,14)/b10-5+. The molecule has 0 aromatic rings. The predicted octanol–water partition coefficient (Wildman–Crippen LogP) is 1.63. The van der Waals surface area contributed by atoms with E-state index in [9.17, 15) is 4.79 Å². The van der Waals surface area contributed by atoms with Gasteiger partial charge in [0.25, 0.3) is 0 Å². The molecular formula is C11H21NO3. The number of ether oxygens (including phenoxy) is 1. The molecule has 0 saturated carbocycles. The molecule has 0 aromatic carbocycles. The number of carbonyl (C=O) groups excluding carboxylic acids is 1. The van der Waals surface area contributed by atoms with Crippen molar-refractivity contribution in [2.24, 2.45) is 5.92 Å². The van der Waals surface area contributed by atoms with Crippen LogP contribution in [0.5, 0.6) is 0 Å². The maximum atomic E-state index is 11.3. The molecule has 1 amide bonds. The highest BCUT2D eigenvalue weighted by Gasteiger charge is 2.07. The Morgan fingerprint density at radius 1 is 1.60 bits per heavy atom. The fourth-order valence-corrected chi connectivity index (χ4v) is 1.14. The van der Waals surface area contributed by atoms with Crippen LogP contribution in [0.3, 0.4) is 0 Å². The summed E-state index contributed by atoms with van der Waals surface area (Å²) in [6, 6.07) is 0. The van der Waals surface area contributed by atoms with Gasteiger partial charge in [0.1, 0.15) is 0 Å². The van der Waals surface area contributed by atoms with Crippen molar-refractivity contribution < 1.29 is 14.6 Å². The Morgan fingerprint density at radius 3 is 2.80 bits per heavy atom. The van der Waals surface area contributed by atoms with Crippen LogP contribution < -0.4 is 5.32 Å². The van der Waals surface area contributed by atoms with E-state index in [2.05, 4.69) is 5.32 Å². The number of methoxy groups -OCH3 is 1. The third-order valence-electron chi connectivity index (χ3n) is 1.98. The van der Waals surface area contributed by atoms with Crippen LogP contribution in [0.15, 0.2) is 11.8 Å². The lowest BCUT2D eigenvalue weighted by Gasteiger charge is -2.09. The summed E-state index contributed by atoms with van der Waals surface area (Å²) in [6.45, 7) is 4.70. The number of aliphatic hydroxyl groups excluding tert-OH is 1. The van der Waals surface area contributed by atoms with Crippen molar-refractivity contribution >= 4 is 5.91 Å². The molecule has 0 heterocycles. The Kier molecular flexibility index (Phi) is 7.72. The van der Waals surface area contributed by atoms with Crippen LogP contribution in [0.2, 0.25) is 0 Å². The number of aliphatic hydroxyl groups is 1. The Labute approximate surface area is 91.3 Å². The topological polar surface area (TPSA) is 58.6 Å². The summed E-state index contributed by atoms with van der Waals surface area (Å²) in [5.74, 6) is 0.583. The Hall–Kier alpha value is -1.03. The van der Waals surface area contributed by atoms with E-state index in [1.807, 2.05) is 6.92 Å². The molecule has 0 spiro atoms. The van der Waals surface area contributed by atoms with Crippen LogP contribution in [0.25, 0.3) is 0 Å². The predicted molar refractivity (Wildman–Crippen MR) is 59.7 cm³/mol. The highest BCUT2D eigenvalue weighted by molar-refractivity contribution is 5.76. The van der Waals surface area contributed by atoms with Gasteiger partial charge in [0.05, 0.1) is 12.4 Å². The monoisotopic (exact) mass is 215 g/mol. The highest BCUT2D eigenvalue weighted by Crippen LogP contribution is 2.08. The molecule has 0 aromatic heterocycles. The molecule has 0 aliphatic heterocycles. The van der Waals surface area contributed by atoms with Crippen LogP contribution in [-0.4, -0.2) is 31.3 Å². The lowest BCUT2D eigenvalue weighted by molar-refractivity contribution is -0.122. The molecule has 1 atom stereocenters. The van der Waals surface area contributed by atoms with E-state index in [0.717, 1.165) is 6.42 Å². The molecule has 0 aliphatic carbocycles. The lowest BCUT2D eigenvalue weighted by atomic mass is 10.0. The van der Waals surface area contributed by atoms with E-state index >= 15 is 0 Å². The summed E-state index contributed by atoms with van der Waals surface area (Å²) in [7, 11) is 1.60. The minimum atomic E-state index is 0.0311. The first-order valence-corrected chi connectivity index (χ1v) is 5.17. The van der Waals surface area contributed by atoms with Crippen LogP contribution in [0.4, 0.5) is 0 Å². The molecule has 0 aliphatic rings. The Bertz CT molecular complexity index is 210. The van der Waals surface area contributed by atoms with Crippen LogP contribution in [-0.2, 0) is 9.53 Å². The van der Waals surface area contributed by atoms with Gasteiger partial charge in [-0.1, -0.05) is 6.92 Å². The fourth-order valence-electron chi connectivity index (χ4n) is 1.14. The molecular weight excluding hydrogens is 194 g/mol. The van der Waals surface area contributed by atoms with Crippen LogP contribution in [0.1, 0.15) is 26.7 Å². The van der Waals surface area contributed by atoms with E-state index in [1.165, 1.54) is 0 Å². The van der Waals surface area contributed by atoms with Crippen molar-refractivity contribution in [3.8, 4) is 0 Å². The van der Waals surface area contributed by atoms with Gasteiger partial charge < -0.3 is 15.2 Å². The van der Waals surface area contributed by atoms with E-state index in [4.69, 9.17) is 9.84 Å². The molecule has 0 saturated heterocycles. The summed E-state index contributed by atoms with van der Waals surface area (Å²) >= 11 is 0. The average molecular weight is 215 g/mol. The van der Waals surface area contributed by atoms with E-state index in [0.29, 0.717) is 25.3 Å². The van der Waals surface area contributed by atoms with Gasteiger partial charge in [0, 0.05) is 20.1 Å². The number of rotatable bonds is 7. The number of nitrogens with one attached hydrogen (secondary N) is 1. The zero-order valence-electron chi connectivity index (χ0n) is 9.75. The second-order valence-electron chi connectivity index (χ2n) is 3.73. The second-order valence-corrected chi connectivity index (χ2v) is 3.73. The summed E-state index contributed by atoms with van der Waals surface area (Å²) < 4.78 is 4.82. The summed E-state index contributed by atoms with van der Waals surface area (Å²) in [6.07, 6.45) is 2.93. The number of amides is 1. The Balaban J connectivity index is 3.62. The summed E-state index contributed by atoms with van der Waals surface area (Å²) in [5, 5.41) is 11.7. The molecule has 0 bridgehead atoms. The quantitative estimate of drug-likeness (QED) is 0.501. The first kappa shape index (κ1) is 14.0. The lowest BCUT2D eigenvalue weighted by Crippen LogP contribution is -2.28. The zero-order chi connectivity index (χ0) is 11.7. The van der Waals surface area contributed by atoms with Crippen LogP contribution in [0, 0.1) is 5.92 Å². The first-order chi connectivity index (χ1) is 7.06. The van der Waals surface area contributed by atoms with Gasteiger partial charge in [-0.3, -0.25) is 4.79 Å². The third-order valence-corrected chi connectivity index (χ3v) is 1.98. The largest absolute Gasteiger partial charge is 0.513 e. The number of hydrogen-bond acceptors (Lipinski definition) is 3. The van der Waals surface area contributed by atoms with Crippen molar-refractivity contribution in [2.75, 3.05) is 20.3 Å². The van der Waals surface area contributed by atoms with Gasteiger partial charge in [0.2, 0.25) is 5.91 Å². The van der Waals surface area contributed by atoms with Gasteiger partial charge in [-0.05, 0) is 25.3 Å². The second kappa shape index (κ2) is 8.29. The minimum absolute atomic E-state index is 0.0311. The molecule has 0 rings (SSSR count). The van der Waals surface area contributed by atoms with Crippen molar-refractivity contribution in [1.29, 1.82) is 0 Å². The van der Waals surface area contributed by atoms with E-state index in [-0.39, 0.29) is 11.8 Å². The first-order valence-electron chi connectivity index (χ1n) is 5.17. The third kappa shape index (κ3) is 9.28. The van der Waals surface area contributed by atoms with Gasteiger partial charge >= 0.3 is 0 Å². The Morgan fingerprint density at radius 2 is 2.27 bits per heavy atom. The maximum Gasteiger partial charge on any atom is 0.220 e. The average Bonchev–Trinajstić information content (AvgIpc) is 2.15. The molecule has 4 nitrogen and oxygen atoms in total. The molecule has 1 unspecified atom stereocenters. The maximum absolute atomic E-state index is 11.3. The minimum Gasteiger partial charge on any atom is -0.513 e. The number of carbonyl (C=O) groups is 1. The molecule has 0 fully saturated rings. The van der Waals surface area contributed by atoms with Crippen molar-refractivity contribution in [3.63, 3.8) is 0 Å². The van der Waals surface area contributed by atoms with Gasteiger partial charge in [-0.15, -0.1) is 0 Å². The number of allylic oxidation sites excluding steroid dienone is 2. The van der Waals surface area contributed by atoms with Crippen molar-refractivity contribution in [2.45, 2.75) is 26.7 Å². The molecule has 2 N–H and O–H groups in total. The SMILES string of the molecule is COCCNC(=O)CC(C)C/C=C(\C)O. The zero-order valence-corrected chi connectivity index (χ0v) is 9.75. The van der Waals surface area contributed by atoms with Gasteiger partial charge in [0.15, 0.2) is 0 Å². The summed E-state index contributed by atoms with van der Waals surface area (Å²) in [5.41, 5.74) is 0. The van der Waals surface area contributed by atoms with Gasteiger partial charge in [-0.25, -0.2) is 0 Å². The fraction of sp³-hybridized carbons (Fsp3) is 0.727.